The second kappa shape index (κ2) is 5.51. The average Bonchev–Trinajstić information content (AvgIpc) is 2.09. The van der Waals surface area contributed by atoms with Crippen LogP contribution in [0.4, 0.5) is 0 Å². The van der Waals surface area contributed by atoms with Crippen molar-refractivity contribution in [3.63, 3.8) is 0 Å². The minimum absolute atomic E-state index is 0.262. The maximum atomic E-state index is 9.99. The van der Waals surface area contributed by atoms with Gasteiger partial charge in [-0.1, -0.05) is 12.8 Å². The molecule has 72 valence electrons. The van der Waals surface area contributed by atoms with E-state index in [9.17, 15) is 5.26 Å². The number of rotatable bonds is 4. The molecule has 1 rings (SSSR count). The minimum Gasteiger partial charge on any atom is -0.723 e. The molecule has 0 saturated heterocycles. The molecule has 0 heterocycles. The van der Waals surface area contributed by atoms with Gasteiger partial charge in [0, 0.05) is 19.1 Å². The summed E-state index contributed by atoms with van der Waals surface area (Å²) in [5, 5.41) is 9.99. The molecule has 0 N–H and O–H groups in total. The number of hydrogen-bond donors (Lipinski definition) is 0. The largest absolute Gasteiger partial charge is 0.723 e. The summed E-state index contributed by atoms with van der Waals surface area (Å²) >= 11 is 0. The lowest BCUT2D eigenvalue weighted by Gasteiger charge is -2.31. The van der Waals surface area contributed by atoms with Crippen LogP contribution in [0.3, 0.4) is 0 Å². The molecule has 3 nitrogen and oxygen atoms in total. The van der Waals surface area contributed by atoms with Gasteiger partial charge in [-0.15, -0.1) is 0 Å². The van der Waals surface area contributed by atoms with Crippen molar-refractivity contribution in [2.75, 3.05) is 13.2 Å². The normalized spacial score (nSPS) is 30.5. The summed E-state index contributed by atoms with van der Waals surface area (Å²) in [6.07, 6.45) is 4.85. The van der Waals surface area contributed by atoms with Gasteiger partial charge in [-0.05, 0) is 19.8 Å². The van der Waals surface area contributed by atoms with Crippen molar-refractivity contribution < 1.29 is 14.9 Å². The van der Waals surface area contributed by atoms with E-state index in [-0.39, 0.29) is 6.10 Å². The van der Waals surface area contributed by atoms with Crippen LogP contribution in [-0.4, -0.2) is 19.3 Å². The van der Waals surface area contributed by atoms with Gasteiger partial charge in [0.2, 0.25) is 0 Å². The highest BCUT2D eigenvalue weighted by Gasteiger charge is 2.24. The van der Waals surface area contributed by atoms with Crippen molar-refractivity contribution in [2.24, 2.45) is 5.92 Å². The van der Waals surface area contributed by atoms with Crippen LogP contribution in [0, 0.1) is 5.92 Å². The Kier molecular flexibility index (Phi) is 4.58. The molecule has 0 aromatic carbocycles. The van der Waals surface area contributed by atoms with Crippen molar-refractivity contribution in [1.82, 2.24) is 0 Å². The Bertz CT molecular complexity index is 98.3. The molecular formula is C9H17O3-. The fourth-order valence-electron chi connectivity index (χ4n) is 1.89. The Morgan fingerprint density at radius 1 is 1.33 bits per heavy atom. The molecule has 0 aromatic heterocycles. The molecule has 1 saturated carbocycles. The molecule has 1 fully saturated rings. The first-order valence-electron chi connectivity index (χ1n) is 4.74. The van der Waals surface area contributed by atoms with E-state index in [1.807, 2.05) is 6.92 Å². The van der Waals surface area contributed by atoms with Crippen LogP contribution in [0.15, 0.2) is 0 Å². The first-order chi connectivity index (χ1) is 5.88. The summed E-state index contributed by atoms with van der Waals surface area (Å²) in [5.41, 5.74) is 0. The summed E-state index contributed by atoms with van der Waals surface area (Å²) in [6, 6.07) is 0. The molecule has 1 aliphatic carbocycles. The van der Waals surface area contributed by atoms with Gasteiger partial charge in [0.1, 0.15) is 0 Å². The Labute approximate surface area is 73.6 Å². The molecule has 2 unspecified atom stereocenters. The second-order valence-electron chi connectivity index (χ2n) is 3.32. The van der Waals surface area contributed by atoms with Gasteiger partial charge < -0.3 is 14.9 Å². The quantitative estimate of drug-likeness (QED) is 0.468. The van der Waals surface area contributed by atoms with E-state index in [0.717, 1.165) is 19.4 Å². The van der Waals surface area contributed by atoms with Crippen LogP contribution in [0.1, 0.15) is 32.6 Å². The van der Waals surface area contributed by atoms with E-state index < -0.39 is 0 Å². The van der Waals surface area contributed by atoms with Gasteiger partial charge in [0.25, 0.3) is 0 Å². The first kappa shape index (κ1) is 9.96. The molecule has 2 atom stereocenters. The number of hydrogen-bond acceptors (Lipinski definition) is 3. The Morgan fingerprint density at radius 2 is 2.08 bits per heavy atom. The predicted molar refractivity (Wildman–Crippen MR) is 43.3 cm³/mol. The van der Waals surface area contributed by atoms with Crippen LogP contribution in [0.25, 0.3) is 0 Å². The molecular weight excluding hydrogens is 156 g/mol. The van der Waals surface area contributed by atoms with Gasteiger partial charge in [0.05, 0.1) is 6.10 Å². The lowest BCUT2D eigenvalue weighted by Crippen LogP contribution is -2.32. The van der Waals surface area contributed by atoms with Gasteiger partial charge in [0.15, 0.2) is 0 Å². The van der Waals surface area contributed by atoms with Crippen LogP contribution in [0.5, 0.6) is 0 Å². The SMILES string of the molecule is CCOC1CCCCC1CO[O-]. The summed E-state index contributed by atoms with van der Waals surface area (Å²) in [6.45, 7) is 3.04. The molecule has 0 aromatic rings. The Morgan fingerprint density at radius 3 is 2.75 bits per heavy atom. The van der Waals surface area contributed by atoms with Gasteiger partial charge in [-0.3, -0.25) is 0 Å². The van der Waals surface area contributed by atoms with Gasteiger partial charge in [-0.2, -0.15) is 0 Å². The third-order valence-electron chi connectivity index (χ3n) is 2.50. The molecule has 3 heteroatoms. The van der Waals surface area contributed by atoms with Crippen LogP contribution >= 0.6 is 0 Å². The maximum Gasteiger partial charge on any atom is 0.0624 e. The van der Waals surface area contributed by atoms with Crippen molar-refractivity contribution in [1.29, 1.82) is 0 Å². The average molecular weight is 173 g/mol. The summed E-state index contributed by atoms with van der Waals surface area (Å²) in [7, 11) is 0. The fraction of sp³-hybridized carbons (Fsp3) is 1.00. The summed E-state index contributed by atoms with van der Waals surface area (Å²) < 4.78 is 5.53. The minimum atomic E-state index is 0.262. The van der Waals surface area contributed by atoms with Crippen LogP contribution < -0.4 is 5.26 Å². The Balaban J connectivity index is 2.31. The molecule has 12 heavy (non-hydrogen) atoms. The molecule has 0 aliphatic heterocycles. The van der Waals surface area contributed by atoms with Crippen molar-refractivity contribution in [3.8, 4) is 0 Å². The van der Waals surface area contributed by atoms with Crippen molar-refractivity contribution in [2.45, 2.75) is 38.7 Å². The smallest absolute Gasteiger partial charge is 0.0624 e. The third kappa shape index (κ3) is 2.73. The highest BCUT2D eigenvalue weighted by molar-refractivity contribution is 4.75. The highest BCUT2D eigenvalue weighted by atomic mass is 17.1. The van der Waals surface area contributed by atoms with E-state index in [1.165, 1.54) is 12.8 Å². The lowest BCUT2D eigenvalue weighted by atomic mass is 9.87. The topological polar surface area (TPSA) is 41.5 Å². The molecule has 0 bridgehead atoms. The third-order valence-corrected chi connectivity index (χ3v) is 2.50. The van der Waals surface area contributed by atoms with E-state index in [2.05, 4.69) is 4.89 Å². The molecule has 1 aliphatic rings. The van der Waals surface area contributed by atoms with Gasteiger partial charge >= 0.3 is 0 Å². The Hall–Kier alpha value is -0.120. The molecule has 0 spiro atoms. The first-order valence-corrected chi connectivity index (χ1v) is 4.74. The second-order valence-corrected chi connectivity index (χ2v) is 3.32. The zero-order valence-corrected chi connectivity index (χ0v) is 7.62. The fourth-order valence-corrected chi connectivity index (χ4v) is 1.89. The zero-order valence-electron chi connectivity index (χ0n) is 7.62. The summed E-state index contributed by atoms with van der Waals surface area (Å²) in [5.74, 6) is 0.330. The van der Waals surface area contributed by atoms with Crippen molar-refractivity contribution in [3.05, 3.63) is 0 Å². The van der Waals surface area contributed by atoms with Crippen LogP contribution in [-0.2, 0) is 9.62 Å². The van der Waals surface area contributed by atoms with Gasteiger partial charge in [-0.25, -0.2) is 0 Å². The van der Waals surface area contributed by atoms with Crippen molar-refractivity contribution >= 4 is 0 Å². The van der Waals surface area contributed by atoms with E-state index in [0.29, 0.717) is 12.5 Å². The predicted octanol–water partition coefficient (Wildman–Crippen LogP) is 0.874. The zero-order chi connectivity index (χ0) is 8.81. The monoisotopic (exact) mass is 173 g/mol. The lowest BCUT2D eigenvalue weighted by molar-refractivity contribution is -0.692. The molecule has 0 amide bonds. The molecule has 0 radical (unpaired) electrons. The van der Waals surface area contributed by atoms with E-state index in [4.69, 9.17) is 4.74 Å². The van der Waals surface area contributed by atoms with Crippen LogP contribution in [0.2, 0.25) is 0 Å². The van der Waals surface area contributed by atoms with E-state index >= 15 is 0 Å². The maximum absolute atomic E-state index is 9.99. The summed E-state index contributed by atoms with van der Waals surface area (Å²) in [4.78, 5) is 3.93. The highest BCUT2D eigenvalue weighted by Crippen LogP contribution is 2.26. The number of ether oxygens (including phenoxy) is 1. The van der Waals surface area contributed by atoms with E-state index in [1.54, 1.807) is 0 Å². The standard InChI is InChI=1S/C9H18O3/c1-2-11-9-6-4-3-5-8(9)7-12-10/h8-10H,2-7H2,1H3/p-1.